The van der Waals surface area contributed by atoms with E-state index in [2.05, 4.69) is 5.32 Å². The van der Waals surface area contributed by atoms with Gasteiger partial charge in [-0.25, -0.2) is 0 Å². The number of fused-ring (bicyclic) bond motifs is 2. The smallest absolute Gasteiger partial charge is 0.282 e. The summed E-state index contributed by atoms with van der Waals surface area (Å²) in [6, 6.07) is 7.69. The van der Waals surface area contributed by atoms with E-state index in [1.807, 2.05) is 24.3 Å². The Morgan fingerprint density at radius 1 is 1.21 bits per heavy atom. The SMILES string of the molecule is COc1ccccc1C1CNCCN1S(=O)(=O)N1CC2CCC1C2. The van der Waals surface area contributed by atoms with E-state index in [4.69, 9.17) is 4.74 Å². The molecule has 0 aromatic heterocycles. The molecule has 2 saturated heterocycles. The molecule has 0 radical (unpaired) electrons. The normalized spacial score (nSPS) is 31.5. The Kier molecular flexibility index (Phi) is 4.28. The minimum absolute atomic E-state index is 0.202. The molecule has 1 aromatic carbocycles. The number of nitrogens with one attached hydrogen (secondary N) is 1. The van der Waals surface area contributed by atoms with Crippen LogP contribution in [0.2, 0.25) is 0 Å². The molecular formula is C17H25N3O3S. The maximum Gasteiger partial charge on any atom is 0.282 e. The Morgan fingerprint density at radius 2 is 2.04 bits per heavy atom. The summed E-state index contributed by atoms with van der Waals surface area (Å²) in [5.41, 5.74) is 0.931. The molecule has 4 rings (SSSR count). The van der Waals surface area contributed by atoms with E-state index < -0.39 is 10.2 Å². The van der Waals surface area contributed by atoms with Crippen LogP contribution in [0.5, 0.6) is 5.75 Å². The molecule has 1 aromatic rings. The highest BCUT2D eigenvalue weighted by atomic mass is 32.2. The second kappa shape index (κ2) is 6.29. The summed E-state index contributed by atoms with van der Waals surface area (Å²) >= 11 is 0. The summed E-state index contributed by atoms with van der Waals surface area (Å²) in [4.78, 5) is 0. The number of rotatable bonds is 4. The molecule has 3 fully saturated rings. The summed E-state index contributed by atoms with van der Waals surface area (Å²) in [6.07, 6.45) is 3.22. The molecule has 0 spiro atoms. The van der Waals surface area contributed by atoms with Gasteiger partial charge in [0.1, 0.15) is 5.75 Å². The van der Waals surface area contributed by atoms with E-state index in [9.17, 15) is 8.42 Å². The molecule has 2 heterocycles. The second-order valence-electron chi connectivity index (χ2n) is 6.98. The molecule has 2 bridgehead atoms. The average Bonchev–Trinajstić information content (AvgIpc) is 3.25. The monoisotopic (exact) mass is 351 g/mol. The molecule has 2 aliphatic heterocycles. The molecule has 3 unspecified atom stereocenters. The van der Waals surface area contributed by atoms with Gasteiger partial charge in [-0.3, -0.25) is 0 Å². The lowest BCUT2D eigenvalue weighted by molar-refractivity contribution is 0.229. The molecule has 7 heteroatoms. The van der Waals surface area contributed by atoms with Crippen molar-refractivity contribution in [2.45, 2.75) is 31.3 Å². The Balaban J connectivity index is 1.67. The van der Waals surface area contributed by atoms with Crippen LogP contribution in [0.15, 0.2) is 24.3 Å². The molecule has 3 atom stereocenters. The zero-order chi connectivity index (χ0) is 16.7. The number of piperidine rings is 1. The van der Waals surface area contributed by atoms with Gasteiger partial charge in [0.05, 0.1) is 13.2 Å². The van der Waals surface area contributed by atoms with Gasteiger partial charge in [0.15, 0.2) is 0 Å². The van der Waals surface area contributed by atoms with Crippen molar-refractivity contribution in [3.05, 3.63) is 29.8 Å². The zero-order valence-corrected chi connectivity index (χ0v) is 14.8. The summed E-state index contributed by atoms with van der Waals surface area (Å²) in [5, 5.41) is 3.33. The first-order valence-electron chi connectivity index (χ1n) is 8.73. The molecule has 1 N–H and O–H groups in total. The van der Waals surface area contributed by atoms with Crippen molar-refractivity contribution >= 4 is 10.2 Å². The number of hydrogen-bond acceptors (Lipinski definition) is 4. The Bertz CT molecular complexity index is 709. The highest BCUT2D eigenvalue weighted by Gasteiger charge is 2.47. The van der Waals surface area contributed by atoms with E-state index in [0.717, 1.165) is 24.2 Å². The van der Waals surface area contributed by atoms with Gasteiger partial charge in [-0.15, -0.1) is 0 Å². The number of methoxy groups -OCH3 is 1. The van der Waals surface area contributed by atoms with Crippen molar-refractivity contribution in [3.8, 4) is 5.75 Å². The highest BCUT2D eigenvalue weighted by molar-refractivity contribution is 7.86. The number of benzene rings is 1. The molecule has 1 aliphatic carbocycles. The van der Waals surface area contributed by atoms with E-state index >= 15 is 0 Å². The van der Waals surface area contributed by atoms with Crippen LogP contribution in [0.3, 0.4) is 0 Å². The molecule has 0 amide bonds. The third-order valence-electron chi connectivity index (χ3n) is 5.64. The third kappa shape index (κ3) is 2.63. The van der Waals surface area contributed by atoms with Crippen molar-refractivity contribution < 1.29 is 13.2 Å². The van der Waals surface area contributed by atoms with Gasteiger partial charge in [-0.2, -0.15) is 17.0 Å². The predicted octanol–water partition coefficient (Wildman–Crippen LogP) is 1.37. The second-order valence-corrected chi connectivity index (χ2v) is 8.82. The fraction of sp³-hybridized carbons (Fsp3) is 0.647. The fourth-order valence-electron chi connectivity index (χ4n) is 4.47. The van der Waals surface area contributed by atoms with Crippen LogP contribution in [-0.4, -0.2) is 56.4 Å². The van der Waals surface area contributed by atoms with Crippen LogP contribution < -0.4 is 10.1 Å². The minimum Gasteiger partial charge on any atom is -0.496 e. The molecule has 24 heavy (non-hydrogen) atoms. The maximum atomic E-state index is 13.3. The molecule has 6 nitrogen and oxygen atoms in total. The fourth-order valence-corrected chi connectivity index (χ4v) is 6.53. The van der Waals surface area contributed by atoms with Gasteiger partial charge in [-0.05, 0) is 31.2 Å². The first-order chi connectivity index (χ1) is 11.6. The maximum absolute atomic E-state index is 13.3. The average molecular weight is 351 g/mol. The van der Waals surface area contributed by atoms with Crippen LogP contribution in [0.4, 0.5) is 0 Å². The Hall–Kier alpha value is -1.15. The van der Waals surface area contributed by atoms with Crippen molar-refractivity contribution in [1.82, 2.24) is 13.9 Å². The van der Waals surface area contributed by atoms with Crippen LogP contribution in [-0.2, 0) is 10.2 Å². The van der Waals surface area contributed by atoms with Crippen molar-refractivity contribution in [2.24, 2.45) is 5.92 Å². The minimum atomic E-state index is -3.44. The number of piperazine rings is 1. The summed E-state index contributed by atoms with van der Waals surface area (Å²) in [6.45, 7) is 2.49. The highest BCUT2D eigenvalue weighted by Crippen LogP contribution is 2.41. The lowest BCUT2D eigenvalue weighted by atomic mass is 10.0. The zero-order valence-electron chi connectivity index (χ0n) is 14.0. The quantitative estimate of drug-likeness (QED) is 0.890. The third-order valence-corrected chi connectivity index (χ3v) is 7.71. The molecule has 132 valence electrons. The van der Waals surface area contributed by atoms with Crippen LogP contribution in [0.1, 0.15) is 30.9 Å². The van der Waals surface area contributed by atoms with Gasteiger partial charge in [0, 0.05) is 37.8 Å². The van der Waals surface area contributed by atoms with E-state index in [0.29, 0.717) is 32.1 Å². The summed E-state index contributed by atoms with van der Waals surface area (Å²) in [5.74, 6) is 1.30. The van der Waals surface area contributed by atoms with E-state index in [1.165, 1.54) is 6.42 Å². The van der Waals surface area contributed by atoms with E-state index in [1.54, 1.807) is 15.7 Å². The first kappa shape index (κ1) is 16.3. The first-order valence-corrected chi connectivity index (χ1v) is 10.1. The Labute approximate surface area is 144 Å². The predicted molar refractivity (Wildman–Crippen MR) is 92.1 cm³/mol. The van der Waals surface area contributed by atoms with Gasteiger partial charge in [0.2, 0.25) is 0 Å². The molecule has 1 saturated carbocycles. The van der Waals surface area contributed by atoms with Crippen molar-refractivity contribution in [1.29, 1.82) is 0 Å². The lowest BCUT2D eigenvalue weighted by Crippen LogP contribution is -2.54. The number of ether oxygens (including phenoxy) is 1. The Morgan fingerprint density at radius 3 is 2.75 bits per heavy atom. The largest absolute Gasteiger partial charge is 0.496 e. The van der Waals surface area contributed by atoms with Crippen molar-refractivity contribution in [3.63, 3.8) is 0 Å². The number of hydrogen-bond donors (Lipinski definition) is 1. The summed E-state index contributed by atoms with van der Waals surface area (Å²) in [7, 11) is -1.81. The van der Waals surface area contributed by atoms with Gasteiger partial charge in [0.25, 0.3) is 10.2 Å². The van der Waals surface area contributed by atoms with E-state index in [-0.39, 0.29) is 12.1 Å². The van der Waals surface area contributed by atoms with Crippen LogP contribution in [0, 0.1) is 5.92 Å². The van der Waals surface area contributed by atoms with Crippen LogP contribution in [0.25, 0.3) is 0 Å². The standard InChI is InChI=1S/C17H25N3O3S/c1-23-17-5-3-2-4-15(17)16-11-18-8-9-19(16)24(21,22)20-12-13-6-7-14(20)10-13/h2-5,13-14,16,18H,6-12H2,1H3. The number of para-hydroxylation sites is 1. The van der Waals surface area contributed by atoms with Gasteiger partial charge in [-0.1, -0.05) is 18.2 Å². The molecule has 3 aliphatic rings. The molecular weight excluding hydrogens is 326 g/mol. The van der Waals surface area contributed by atoms with Gasteiger partial charge < -0.3 is 10.1 Å². The summed E-state index contributed by atoms with van der Waals surface area (Å²) < 4.78 is 35.6. The van der Waals surface area contributed by atoms with Crippen molar-refractivity contribution in [2.75, 3.05) is 33.3 Å². The lowest BCUT2D eigenvalue weighted by Gasteiger charge is -2.40. The van der Waals surface area contributed by atoms with Crippen LogP contribution >= 0.6 is 0 Å². The van der Waals surface area contributed by atoms with Gasteiger partial charge >= 0.3 is 0 Å². The topological polar surface area (TPSA) is 61.9 Å². The number of nitrogens with zero attached hydrogens (tertiary/aromatic N) is 2.